The van der Waals surface area contributed by atoms with Gasteiger partial charge in [0, 0.05) is 6.54 Å². The Kier molecular flexibility index (Phi) is 6.92. The number of benzene rings is 1. The summed E-state index contributed by atoms with van der Waals surface area (Å²) in [6.07, 6.45) is 9.81. The topological polar surface area (TPSA) is 41.5 Å². The third kappa shape index (κ3) is 4.64. The van der Waals surface area contributed by atoms with E-state index in [9.17, 15) is 5.11 Å². The third-order valence-corrected chi connectivity index (χ3v) is 6.29. The normalized spacial score (nSPS) is 27.8. The Morgan fingerprint density at radius 2 is 1.88 bits per heavy atom. The van der Waals surface area contributed by atoms with E-state index in [1.807, 2.05) is 18.2 Å². The number of piperidine rings is 1. The molecule has 1 aliphatic heterocycles. The van der Waals surface area contributed by atoms with Crippen molar-refractivity contribution in [3.8, 4) is 0 Å². The number of nitrogens with one attached hydrogen (secondary N) is 1. The van der Waals surface area contributed by atoms with Crippen LogP contribution in [0.3, 0.4) is 0 Å². The van der Waals surface area contributed by atoms with Crippen molar-refractivity contribution in [3.63, 3.8) is 0 Å². The lowest BCUT2D eigenvalue weighted by Gasteiger charge is -2.41. The van der Waals surface area contributed by atoms with Gasteiger partial charge < -0.3 is 15.2 Å². The molecule has 0 spiro atoms. The first-order valence-electron chi connectivity index (χ1n) is 10.3. The van der Waals surface area contributed by atoms with Gasteiger partial charge in [0.05, 0.1) is 12.7 Å². The maximum absolute atomic E-state index is 11.7. The predicted molar refractivity (Wildman–Crippen MR) is 103 cm³/mol. The minimum atomic E-state index is -0.851. The molecule has 3 rings (SSSR count). The van der Waals surface area contributed by atoms with Gasteiger partial charge in [0.25, 0.3) is 0 Å². The van der Waals surface area contributed by atoms with E-state index in [0.29, 0.717) is 18.4 Å². The van der Waals surface area contributed by atoms with Crippen LogP contribution in [0.15, 0.2) is 30.3 Å². The van der Waals surface area contributed by atoms with Crippen molar-refractivity contribution in [1.29, 1.82) is 0 Å². The fourth-order valence-corrected chi connectivity index (χ4v) is 4.76. The Labute approximate surface area is 153 Å². The van der Waals surface area contributed by atoms with E-state index in [2.05, 4.69) is 24.4 Å². The van der Waals surface area contributed by atoms with Crippen molar-refractivity contribution in [2.75, 3.05) is 19.7 Å². The van der Waals surface area contributed by atoms with E-state index in [-0.39, 0.29) is 6.10 Å². The van der Waals surface area contributed by atoms with Crippen LogP contribution in [-0.4, -0.2) is 30.9 Å². The molecule has 1 aromatic carbocycles. The van der Waals surface area contributed by atoms with Gasteiger partial charge in [0.15, 0.2) is 0 Å². The predicted octanol–water partition coefficient (Wildman–Crippen LogP) is 4.25. The number of rotatable bonds is 7. The van der Waals surface area contributed by atoms with Gasteiger partial charge in [-0.15, -0.1) is 0 Å². The summed E-state index contributed by atoms with van der Waals surface area (Å²) in [6.45, 7) is 4.69. The Morgan fingerprint density at radius 1 is 1.12 bits per heavy atom. The molecule has 1 saturated carbocycles. The van der Waals surface area contributed by atoms with Gasteiger partial charge >= 0.3 is 0 Å². The monoisotopic (exact) mass is 345 g/mol. The van der Waals surface area contributed by atoms with Crippen LogP contribution in [0, 0.1) is 11.8 Å². The van der Waals surface area contributed by atoms with Crippen LogP contribution in [0.25, 0.3) is 0 Å². The zero-order valence-corrected chi connectivity index (χ0v) is 15.8. The zero-order chi connectivity index (χ0) is 17.5. The van der Waals surface area contributed by atoms with Gasteiger partial charge in [-0.3, -0.25) is 0 Å². The van der Waals surface area contributed by atoms with Crippen molar-refractivity contribution >= 4 is 0 Å². The summed E-state index contributed by atoms with van der Waals surface area (Å²) in [5.41, 5.74) is 0.174. The molecule has 1 aromatic rings. The maximum Gasteiger partial charge on any atom is 0.116 e. The molecule has 1 saturated heterocycles. The quantitative estimate of drug-likeness (QED) is 0.776. The SMILES string of the molecule is CCCC1CCNC[C@H]1OCC(O)(c1ccccc1)C1CCCCC1. The number of hydrogen-bond acceptors (Lipinski definition) is 3. The van der Waals surface area contributed by atoms with E-state index < -0.39 is 5.60 Å². The first-order chi connectivity index (χ1) is 12.2. The first-order valence-corrected chi connectivity index (χ1v) is 10.3. The fraction of sp³-hybridized carbons (Fsp3) is 0.727. The molecule has 2 fully saturated rings. The van der Waals surface area contributed by atoms with Gasteiger partial charge in [0.2, 0.25) is 0 Å². The average Bonchev–Trinajstić information content (AvgIpc) is 2.69. The number of aliphatic hydroxyl groups is 1. The Balaban J connectivity index is 1.73. The largest absolute Gasteiger partial charge is 0.382 e. The Bertz CT molecular complexity index is 498. The second kappa shape index (κ2) is 9.16. The highest BCUT2D eigenvalue weighted by molar-refractivity contribution is 5.23. The van der Waals surface area contributed by atoms with Crippen LogP contribution in [-0.2, 0) is 10.3 Å². The molecule has 2 N–H and O–H groups in total. The molecule has 0 radical (unpaired) electrons. The molecule has 0 amide bonds. The van der Waals surface area contributed by atoms with Crippen LogP contribution in [0.1, 0.15) is 63.9 Å². The van der Waals surface area contributed by atoms with Crippen molar-refractivity contribution in [2.45, 2.75) is 70.0 Å². The molecular formula is C22H35NO2. The minimum Gasteiger partial charge on any atom is -0.382 e. The average molecular weight is 346 g/mol. The molecule has 3 nitrogen and oxygen atoms in total. The molecule has 140 valence electrons. The summed E-state index contributed by atoms with van der Waals surface area (Å²) < 4.78 is 6.41. The van der Waals surface area contributed by atoms with Crippen LogP contribution in [0.4, 0.5) is 0 Å². The Morgan fingerprint density at radius 3 is 2.60 bits per heavy atom. The summed E-state index contributed by atoms with van der Waals surface area (Å²) in [6, 6.07) is 10.2. The van der Waals surface area contributed by atoms with E-state index in [1.165, 1.54) is 38.5 Å². The summed E-state index contributed by atoms with van der Waals surface area (Å²) in [5, 5.41) is 15.2. The minimum absolute atomic E-state index is 0.229. The van der Waals surface area contributed by atoms with Gasteiger partial charge in [-0.2, -0.15) is 0 Å². The molecular weight excluding hydrogens is 310 g/mol. The van der Waals surface area contributed by atoms with Gasteiger partial charge in [0.1, 0.15) is 5.60 Å². The lowest BCUT2D eigenvalue weighted by molar-refractivity contribution is -0.130. The second-order valence-electron chi connectivity index (χ2n) is 8.02. The molecule has 0 aromatic heterocycles. The Hall–Kier alpha value is -0.900. The standard InChI is InChI=1S/C22H35NO2/c1-2-9-18-14-15-23-16-21(18)25-17-22(24,19-10-5-3-6-11-19)20-12-7-4-8-13-20/h3,5-6,10-11,18,20-21,23-24H,2,4,7-9,12-17H2,1H3/t18?,21-,22?/m1/s1. The molecule has 2 unspecified atom stereocenters. The summed E-state index contributed by atoms with van der Waals surface area (Å²) in [5.74, 6) is 0.933. The smallest absolute Gasteiger partial charge is 0.116 e. The number of hydrogen-bond donors (Lipinski definition) is 2. The second-order valence-corrected chi connectivity index (χ2v) is 8.02. The van der Waals surface area contributed by atoms with Crippen molar-refractivity contribution in [1.82, 2.24) is 5.32 Å². The summed E-state index contributed by atoms with van der Waals surface area (Å²) >= 11 is 0. The maximum atomic E-state index is 11.7. The zero-order valence-electron chi connectivity index (χ0n) is 15.8. The highest BCUT2D eigenvalue weighted by Crippen LogP contribution is 2.40. The summed E-state index contributed by atoms with van der Waals surface area (Å²) in [4.78, 5) is 0. The van der Waals surface area contributed by atoms with Crippen molar-refractivity contribution < 1.29 is 9.84 Å². The molecule has 3 atom stereocenters. The first kappa shape index (κ1) is 18.9. The highest BCUT2D eigenvalue weighted by atomic mass is 16.5. The van der Waals surface area contributed by atoms with Gasteiger partial charge in [-0.1, -0.05) is 62.9 Å². The lowest BCUT2D eigenvalue weighted by Crippen LogP contribution is -2.47. The molecule has 0 bridgehead atoms. The van der Waals surface area contributed by atoms with Gasteiger partial charge in [-0.05, 0) is 49.6 Å². The fourth-order valence-electron chi connectivity index (χ4n) is 4.76. The molecule has 1 heterocycles. The lowest BCUT2D eigenvalue weighted by atomic mass is 9.73. The van der Waals surface area contributed by atoms with E-state index in [1.54, 1.807) is 0 Å². The van der Waals surface area contributed by atoms with Crippen LogP contribution in [0.2, 0.25) is 0 Å². The highest BCUT2D eigenvalue weighted by Gasteiger charge is 2.40. The molecule has 1 aliphatic carbocycles. The number of ether oxygens (including phenoxy) is 1. The van der Waals surface area contributed by atoms with Crippen molar-refractivity contribution in [3.05, 3.63) is 35.9 Å². The van der Waals surface area contributed by atoms with E-state index >= 15 is 0 Å². The molecule has 2 aliphatic rings. The third-order valence-electron chi connectivity index (χ3n) is 6.29. The van der Waals surface area contributed by atoms with E-state index in [0.717, 1.165) is 31.5 Å². The van der Waals surface area contributed by atoms with Crippen molar-refractivity contribution in [2.24, 2.45) is 11.8 Å². The van der Waals surface area contributed by atoms with Crippen LogP contribution < -0.4 is 5.32 Å². The van der Waals surface area contributed by atoms with Crippen LogP contribution >= 0.6 is 0 Å². The van der Waals surface area contributed by atoms with Crippen LogP contribution in [0.5, 0.6) is 0 Å². The van der Waals surface area contributed by atoms with Gasteiger partial charge in [-0.25, -0.2) is 0 Å². The molecule has 3 heteroatoms. The van der Waals surface area contributed by atoms with E-state index in [4.69, 9.17) is 4.74 Å². The molecule has 25 heavy (non-hydrogen) atoms. The summed E-state index contributed by atoms with van der Waals surface area (Å²) in [7, 11) is 0.